The van der Waals surface area contributed by atoms with Crippen molar-refractivity contribution in [2.75, 3.05) is 34.5 Å². The molecule has 0 bridgehead atoms. The monoisotopic (exact) mass is 521 g/mol. The fourth-order valence-electron chi connectivity index (χ4n) is 2.53. The highest BCUT2D eigenvalue weighted by Crippen LogP contribution is 2.36. The molecular weight excluding hydrogens is 498 g/mol. The maximum absolute atomic E-state index is 12.0. The van der Waals surface area contributed by atoms with Gasteiger partial charge in [0, 0.05) is 0 Å². The Morgan fingerprint density at radius 3 is 2.39 bits per heavy atom. The minimum Gasteiger partial charge on any atom is -0.497 e. The van der Waals surface area contributed by atoms with E-state index in [4.69, 9.17) is 14.2 Å². The number of amides is 2. The van der Waals surface area contributed by atoms with Crippen molar-refractivity contribution in [2.24, 2.45) is 5.10 Å². The number of hydrogen-bond donors (Lipinski definition) is 2. The summed E-state index contributed by atoms with van der Waals surface area (Å²) < 4.78 is 20.8. The quantitative estimate of drug-likeness (QED) is 0.262. The molecule has 0 heterocycles. The summed E-state index contributed by atoms with van der Waals surface area (Å²) >= 11 is 3.35. The minimum atomic E-state index is -0.534. The Morgan fingerprint density at radius 2 is 1.76 bits per heavy atom. The summed E-state index contributed by atoms with van der Waals surface area (Å²) in [6, 6.07) is 10.4. The number of methoxy groups -OCH3 is 3. The fraction of sp³-hybridized carbons (Fsp3) is 0.273. The molecule has 33 heavy (non-hydrogen) atoms. The van der Waals surface area contributed by atoms with E-state index in [0.717, 1.165) is 5.56 Å². The van der Waals surface area contributed by atoms with Gasteiger partial charge in [-0.2, -0.15) is 5.10 Å². The lowest BCUT2D eigenvalue weighted by Gasteiger charge is -2.12. The van der Waals surface area contributed by atoms with Gasteiger partial charge in [0.15, 0.2) is 18.1 Å². The van der Waals surface area contributed by atoms with E-state index < -0.39 is 11.9 Å². The molecule has 0 fully saturated rings. The summed E-state index contributed by atoms with van der Waals surface area (Å²) in [7, 11) is 4.28. The van der Waals surface area contributed by atoms with Gasteiger partial charge in [-0.15, -0.1) is 0 Å². The summed E-state index contributed by atoms with van der Waals surface area (Å²) in [5, 5.41) is 6.41. The van der Waals surface area contributed by atoms with Crippen molar-refractivity contribution in [1.82, 2.24) is 10.7 Å². The molecule has 0 saturated heterocycles. The van der Waals surface area contributed by atoms with Gasteiger partial charge in [-0.25, -0.2) is 10.2 Å². The lowest BCUT2D eigenvalue weighted by Crippen LogP contribution is -2.35. The molecule has 176 valence electrons. The number of benzene rings is 2. The summed E-state index contributed by atoms with van der Waals surface area (Å²) in [6.45, 7) is -0.501. The third kappa shape index (κ3) is 8.45. The van der Waals surface area contributed by atoms with Gasteiger partial charge in [0.1, 0.15) is 5.75 Å². The van der Waals surface area contributed by atoms with E-state index in [-0.39, 0.29) is 25.5 Å². The molecule has 2 N–H and O–H groups in total. The zero-order chi connectivity index (χ0) is 24.2. The number of ether oxygens (including phenoxy) is 4. The third-order valence-electron chi connectivity index (χ3n) is 4.19. The maximum Gasteiger partial charge on any atom is 0.343 e. The highest BCUT2D eigenvalue weighted by Gasteiger charge is 2.13. The van der Waals surface area contributed by atoms with Gasteiger partial charge >= 0.3 is 5.97 Å². The predicted octanol–water partition coefficient (Wildman–Crippen LogP) is 1.83. The van der Waals surface area contributed by atoms with Gasteiger partial charge < -0.3 is 24.3 Å². The number of esters is 1. The Kier molecular flexibility index (Phi) is 10.2. The van der Waals surface area contributed by atoms with E-state index in [1.54, 1.807) is 43.5 Å². The van der Waals surface area contributed by atoms with Crippen molar-refractivity contribution in [2.45, 2.75) is 6.42 Å². The molecule has 2 rings (SSSR count). The molecule has 0 unspecified atom stereocenters. The molecule has 0 radical (unpaired) electrons. The van der Waals surface area contributed by atoms with Crippen LogP contribution in [0.5, 0.6) is 17.2 Å². The highest BCUT2D eigenvalue weighted by atomic mass is 79.9. The number of halogens is 1. The number of carbonyl (C=O) groups excluding carboxylic acids is 3. The predicted molar refractivity (Wildman–Crippen MR) is 124 cm³/mol. The molecule has 0 atom stereocenters. The molecule has 2 aromatic rings. The zero-order valence-corrected chi connectivity index (χ0v) is 19.9. The van der Waals surface area contributed by atoms with Crippen molar-refractivity contribution in [1.29, 1.82) is 0 Å². The summed E-state index contributed by atoms with van der Waals surface area (Å²) in [4.78, 5) is 35.2. The Hall–Kier alpha value is -3.60. The van der Waals surface area contributed by atoms with Crippen LogP contribution in [-0.4, -0.2) is 58.5 Å². The largest absolute Gasteiger partial charge is 0.497 e. The molecule has 10 nitrogen and oxygen atoms in total. The highest BCUT2D eigenvalue weighted by molar-refractivity contribution is 9.10. The van der Waals surface area contributed by atoms with Crippen LogP contribution in [0.3, 0.4) is 0 Å². The second-order valence-corrected chi connectivity index (χ2v) is 7.35. The minimum absolute atomic E-state index is 0.138. The average molecular weight is 522 g/mol. The van der Waals surface area contributed by atoms with E-state index in [9.17, 15) is 14.4 Å². The van der Waals surface area contributed by atoms with E-state index in [1.165, 1.54) is 20.4 Å². The van der Waals surface area contributed by atoms with Crippen molar-refractivity contribution >= 4 is 39.9 Å². The topological polar surface area (TPSA) is 125 Å². The van der Waals surface area contributed by atoms with Crippen molar-refractivity contribution in [3.05, 3.63) is 52.0 Å². The van der Waals surface area contributed by atoms with Crippen LogP contribution in [0.25, 0.3) is 0 Å². The molecule has 0 spiro atoms. The first-order valence-corrected chi connectivity index (χ1v) is 10.4. The summed E-state index contributed by atoms with van der Waals surface area (Å²) in [6.07, 6.45) is 1.53. The van der Waals surface area contributed by atoms with Crippen LogP contribution in [-0.2, 0) is 25.5 Å². The van der Waals surface area contributed by atoms with E-state index in [1.807, 2.05) is 0 Å². The van der Waals surface area contributed by atoms with Gasteiger partial charge in [0.25, 0.3) is 5.91 Å². The van der Waals surface area contributed by atoms with Crippen molar-refractivity contribution < 1.29 is 33.3 Å². The summed E-state index contributed by atoms with van der Waals surface area (Å²) in [5.41, 5.74) is 3.72. The smallest absolute Gasteiger partial charge is 0.343 e. The second-order valence-electron chi connectivity index (χ2n) is 6.49. The van der Waals surface area contributed by atoms with E-state index in [2.05, 4.69) is 36.5 Å². The Morgan fingerprint density at radius 1 is 1.03 bits per heavy atom. The number of hydrogen-bond acceptors (Lipinski definition) is 8. The molecular formula is C22H24BrN3O7. The molecule has 2 amide bonds. The number of carbonyl (C=O) groups is 3. The first-order chi connectivity index (χ1) is 15.9. The normalized spacial score (nSPS) is 10.4. The average Bonchev–Trinajstić information content (AvgIpc) is 2.82. The maximum atomic E-state index is 12.0. The molecule has 0 aliphatic carbocycles. The zero-order valence-electron chi connectivity index (χ0n) is 18.3. The van der Waals surface area contributed by atoms with Gasteiger partial charge in [-0.3, -0.25) is 9.59 Å². The number of rotatable bonds is 11. The third-order valence-corrected chi connectivity index (χ3v) is 4.78. The Labute approximate surface area is 199 Å². The van der Waals surface area contributed by atoms with E-state index in [0.29, 0.717) is 27.3 Å². The van der Waals surface area contributed by atoms with Gasteiger partial charge in [-0.05, 0) is 51.3 Å². The van der Waals surface area contributed by atoms with Crippen LogP contribution in [0.1, 0.15) is 11.1 Å². The van der Waals surface area contributed by atoms with Crippen LogP contribution in [0.4, 0.5) is 0 Å². The van der Waals surface area contributed by atoms with Gasteiger partial charge in [0.05, 0.1) is 45.0 Å². The number of nitrogens with one attached hydrogen (secondary N) is 2. The van der Waals surface area contributed by atoms with Gasteiger partial charge in [0.2, 0.25) is 5.91 Å². The van der Waals surface area contributed by atoms with E-state index >= 15 is 0 Å². The lowest BCUT2D eigenvalue weighted by atomic mass is 10.1. The van der Waals surface area contributed by atoms with Crippen LogP contribution < -0.4 is 25.0 Å². The van der Waals surface area contributed by atoms with Crippen molar-refractivity contribution in [3.63, 3.8) is 0 Å². The van der Waals surface area contributed by atoms with Crippen molar-refractivity contribution in [3.8, 4) is 17.2 Å². The van der Waals surface area contributed by atoms with Gasteiger partial charge in [-0.1, -0.05) is 12.1 Å². The molecule has 0 aliphatic rings. The first kappa shape index (κ1) is 25.7. The standard InChI is InChI=1S/C22H24BrN3O7/c1-30-16-6-4-14(5-7-16)10-19(27)24-12-20(28)26-25-11-15-8-17(23)22(18(9-15)31-2)33-13-21(29)32-3/h4-9,11H,10,12-13H2,1-3H3,(H,24,27)(H,26,28)/b25-11-. The SMILES string of the molecule is COC(=O)COc1c(Br)cc(/C=N\NC(=O)CNC(=O)Cc2ccc(OC)cc2)cc1OC. The van der Waals surface area contributed by atoms with Crippen LogP contribution in [0.15, 0.2) is 46.0 Å². The Balaban J connectivity index is 1.85. The molecule has 0 saturated carbocycles. The first-order valence-electron chi connectivity index (χ1n) is 9.65. The summed E-state index contributed by atoms with van der Waals surface area (Å²) in [5.74, 6) is 0.0576. The molecule has 0 aliphatic heterocycles. The van der Waals surface area contributed by atoms with Crippen LogP contribution >= 0.6 is 15.9 Å². The number of nitrogens with zero attached hydrogens (tertiary/aromatic N) is 1. The second kappa shape index (κ2) is 13.1. The lowest BCUT2D eigenvalue weighted by molar-refractivity contribution is -0.143. The van der Waals surface area contributed by atoms with Crippen LogP contribution in [0.2, 0.25) is 0 Å². The van der Waals surface area contributed by atoms with Crippen LogP contribution in [0, 0.1) is 0 Å². The number of hydrazone groups is 1. The molecule has 0 aromatic heterocycles. The fourth-order valence-corrected chi connectivity index (χ4v) is 3.11. The molecule has 11 heteroatoms. The molecule has 2 aromatic carbocycles. The Bertz CT molecular complexity index is 1010.